The number of fused-ring (bicyclic) bond motifs is 1. The van der Waals surface area contributed by atoms with E-state index in [0.717, 1.165) is 30.2 Å². The molecular weight excluding hydrogens is 240 g/mol. The fraction of sp³-hybridized carbons (Fsp3) is 0.429. The highest BCUT2D eigenvalue weighted by atomic mass is 16.1. The Morgan fingerprint density at radius 2 is 2.26 bits per heavy atom. The number of amides is 1. The molecule has 2 aromatic heterocycles. The molecule has 5 heteroatoms. The molecule has 0 bridgehead atoms. The topological polar surface area (TPSA) is 83.8 Å². The predicted octanol–water partition coefficient (Wildman–Crippen LogP) is 1.17. The highest BCUT2D eigenvalue weighted by molar-refractivity contribution is 5.97. The maximum atomic E-state index is 12.1. The first-order chi connectivity index (χ1) is 9.16. The molecule has 19 heavy (non-hydrogen) atoms. The third-order valence-corrected chi connectivity index (χ3v) is 4.56. The number of nitrogens with one attached hydrogen (secondary N) is 2. The molecule has 0 saturated heterocycles. The average Bonchev–Trinajstić information content (AvgIpc) is 2.87. The zero-order chi connectivity index (χ0) is 13.0. The van der Waals surface area contributed by atoms with E-state index >= 15 is 0 Å². The summed E-state index contributed by atoms with van der Waals surface area (Å²) in [6.07, 6.45) is 6.65. The van der Waals surface area contributed by atoms with Crippen molar-refractivity contribution < 1.29 is 4.79 Å². The van der Waals surface area contributed by atoms with Gasteiger partial charge < -0.3 is 16.0 Å². The van der Waals surface area contributed by atoms with E-state index in [2.05, 4.69) is 15.3 Å². The van der Waals surface area contributed by atoms with E-state index in [1.54, 1.807) is 12.4 Å². The molecule has 0 aromatic carbocycles. The fourth-order valence-electron chi connectivity index (χ4n) is 3.23. The molecule has 2 aliphatic carbocycles. The van der Waals surface area contributed by atoms with Gasteiger partial charge in [0.25, 0.3) is 5.91 Å². The lowest BCUT2D eigenvalue weighted by Gasteiger charge is -2.36. The quantitative estimate of drug-likeness (QED) is 0.754. The van der Waals surface area contributed by atoms with Crippen LogP contribution in [-0.4, -0.2) is 28.0 Å². The number of aromatic nitrogens is 2. The van der Waals surface area contributed by atoms with Gasteiger partial charge in [-0.3, -0.25) is 9.78 Å². The van der Waals surface area contributed by atoms with Gasteiger partial charge in [0.1, 0.15) is 5.69 Å². The van der Waals surface area contributed by atoms with Crippen LogP contribution in [0.25, 0.3) is 10.9 Å². The van der Waals surface area contributed by atoms with Crippen molar-refractivity contribution in [2.45, 2.75) is 31.3 Å². The largest absolute Gasteiger partial charge is 0.350 e. The number of nitrogens with two attached hydrogens (primary N) is 1. The van der Waals surface area contributed by atoms with Gasteiger partial charge in [0, 0.05) is 35.4 Å². The van der Waals surface area contributed by atoms with Gasteiger partial charge in [0.05, 0.1) is 0 Å². The van der Waals surface area contributed by atoms with Gasteiger partial charge in [-0.15, -0.1) is 0 Å². The zero-order valence-electron chi connectivity index (χ0n) is 10.5. The monoisotopic (exact) mass is 256 g/mol. The predicted molar refractivity (Wildman–Crippen MR) is 71.6 cm³/mol. The number of rotatable bonds is 2. The molecule has 4 rings (SSSR count). The molecule has 1 amide bonds. The van der Waals surface area contributed by atoms with Crippen LogP contribution in [0.1, 0.15) is 29.8 Å². The van der Waals surface area contributed by atoms with Crippen molar-refractivity contribution in [3.8, 4) is 0 Å². The Hall–Kier alpha value is -1.88. The van der Waals surface area contributed by atoms with Crippen molar-refractivity contribution in [1.29, 1.82) is 0 Å². The molecular formula is C14H16N4O. The number of carbonyl (C=O) groups excluding carboxylic acids is 1. The minimum atomic E-state index is -0.0368. The van der Waals surface area contributed by atoms with Crippen molar-refractivity contribution in [2.24, 2.45) is 11.1 Å². The molecule has 0 radical (unpaired) electrons. The third-order valence-electron chi connectivity index (χ3n) is 4.56. The molecule has 2 aromatic rings. The Morgan fingerprint density at radius 1 is 1.47 bits per heavy atom. The Kier molecular flexibility index (Phi) is 2.07. The average molecular weight is 256 g/mol. The molecule has 4 N–H and O–H groups in total. The lowest BCUT2D eigenvalue weighted by Crippen LogP contribution is -2.47. The highest BCUT2D eigenvalue weighted by Crippen LogP contribution is 2.59. The first-order valence-corrected chi connectivity index (χ1v) is 6.65. The molecule has 2 fully saturated rings. The summed E-state index contributed by atoms with van der Waals surface area (Å²) in [5.74, 6) is -0.0368. The van der Waals surface area contributed by atoms with Gasteiger partial charge >= 0.3 is 0 Å². The minimum Gasteiger partial charge on any atom is -0.350 e. The van der Waals surface area contributed by atoms with Crippen LogP contribution in [0.15, 0.2) is 24.5 Å². The number of carbonyl (C=O) groups is 1. The number of pyridine rings is 1. The standard InChI is InChI=1S/C14H16N4O/c15-12-6-14(12)4-9(5-14)17-13(19)11-3-8-7-16-2-1-10(8)18-11/h1-3,7,9,12,18H,4-6,15H2,(H,17,19). The molecule has 1 unspecified atom stereocenters. The van der Waals surface area contributed by atoms with E-state index in [0.29, 0.717) is 17.2 Å². The van der Waals surface area contributed by atoms with E-state index in [1.807, 2.05) is 12.1 Å². The third kappa shape index (κ3) is 1.65. The highest BCUT2D eigenvalue weighted by Gasteiger charge is 2.60. The second-order valence-electron chi connectivity index (χ2n) is 5.90. The van der Waals surface area contributed by atoms with E-state index in [9.17, 15) is 4.79 Å². The van der Waals surface area contributed by atoms with Crippen molar-refractivity contribution in [3.63, 3.8) is 0 Å². The maximum Gasteiger partial charge on any atom is 0.267 e. The Morgan fingerprint density at radius 3 is 2.95 bits per heavy atom. The fourth-order valence-corrected chi connectivity index (χ4v) is 3.23. The van der Waals surface area contributed by atoms with Crippen molar-refractivity contribution in [3.05, 3.63) is 30.2 Å². The number of nitrogens with zero attached hydrogens (tertiary/aromatic N) is 1. The summed E-state index contributed by atoms with van der Waals surface area (Å²) in [7, 11) is 0. The molecule has 5 nitrogen and oxygen atoms in total. The summed E-state index contributed by atoms with van der Waals surface area (Å²) in [5, 5.41) is 4.02. The van der Waals surface area contributed by atoms with Crippen LogP contribution in [0.4, 0.5) is 0 Å². The van der Waals surface area contributed by atoms with Crippen LogP contribution >= 0.6 is 0 Å². The first-order valence-electron chi connectivity index (χ1n) is 6.65. The van der Waals surface area contributed by atoms with Crippen LogP contribution < -0.4 is 11.1 Å². The SMILES string of the molecule is NC1CC12CC(NC(=O)c1cc3cnccc3[nH]1)C2. The maximum absolute atomic E-state index is 12.1. The smallest absolute Gasteiger partial charge is 0.267 e. The molecule has 2 aliphatic rings. The van der Waals surface area contributed by atoms with E-state index in [1.165, 1.54) is 0 Å². The first kappa shape index (κ1) is 11.0. The van der Waals surface area contributed by atoms with Crippen molar-refractivity contribution >= 4 is 16.8 Å². The van der Waals surface area contributed by atoms with Crippen LogP contribution in [-0.2, 0) is 0 Å². The lowest BCUT2D eigenvalue weighted by molar-refractivity contribution is 0.0869. The summed E-state index contributed by atoms with van der Waals surface area (Å²) in [4.78, 5) is 19.3. The van der Waals surface area contributed by atoms with Gasteiger partial charge in [0.2, 0.25) is 0 Å². The van der Waals surface area contributed by atoms with Crippen LogP contribution in [0.3, 0.4) is 0 Å². The Labute approximate surface area is 110 Å². The van der Waals surface area contributed by atoms with E-state index in [-0.39, 0.29) is 11.9 Å². The van der Waals surface area contributed by atoms with Crippen LogP contribution in [0.2, 0.25) is 0 Å². The lowest BCUT2D eigenvalue weighted by atomic mass is 9.76. The van der Waals surface area contributed by atoms with E-state index < -0.39 is 0 Å². The number of hydrogen-bond donors (Lipinski definition) is 3. The number of hydrogen-bond acceptors (Lipinski definition) is 3. The Bertz CT molecular complexity index is 623. The molecule has 1 spiro atoms. The van der Waals surface area contributed by atoms with Crippen LogP contribution in [0, 0.1) is 5.41 Å². The van der Waals surface area contributed by atoms with Gasteiger partial charge in [-0.2, -0.15) is 0 Å². The summed E-state index contributed by atoms with van der Waals surface area (Å²) < 4.78 is 0. The molecule has 2 heterocycles. The molecule has 0 aliphatic heterocycles. The van der Waals surface area contributed by atoms with Gasteiger partial charge in [-0.05, 0) is 36.8 Å². The zero-order valence-corrected chi connectivity index (χ0v) is 10.5. The van der Waals surface area contributed by atoms with Crippen molar-refractivity contribution in [2.75, 3.05) is 0 Å². The summed E-state index contributed by atoms with van der Waals surface area (Å²) in [6, 6.07) is 4.35. The van der Waals surface area contributed by atoms with Crippen LogP contribution in [0.5, 0.6) is 0 Å². The van der Waals surface area contributed by atoms with Gasteiger partial charge in [-0.25, -0.2) is 0 Å². The summed E-state index contributed by atoms with van der Waals surface area (Å²) in [6.45, 7) is 0. The van der Waals surface area contributed by atoms with Gasteiger partial charge in [0.15, 0.2) is 0 Å². The molecule has 1 atom stereocenters. The van der Waals surface area contributed by atoms with E-state index in [4.69, 9.17) is 5.73 Å². The second-order valence-corrected chi connectivity index (χ2v) is 5.90. The normalized spacial score (nSPS) is 32.3. The molecule has 2 saturated carbocycles. The summed E-state index contributed by atoms with van der Waals surface area (Å²) in [5.41, 5.74) is 7.80. The molecule has 98 valence electrons. The number of H-pyrrole nitrogens is 1. The number of aromatic amines is 1. The summed E-state index contributed by atoms with van der Waals surface area (Å²) >= 11 is 0. The van der Waals surface area contributed by atoms with Crippen molar-refractivity contribution in [1.82, 2.24) is 15.3 Å². The Balaban J connectivity index is 1.46. The second kappa shape index (κ2) is 3.57. The minimum absolute atomic E-state index is 0.0368. The van der Waals surface area contributed by atoms with Gasteiger partial charge in [-0.1, -0.05) is 0 Å².